The fourth-order valence-corrected chi connectivity index (χ4v) is 3.06. The molecule has 5 nitrogen and oxygen atoms in total. The van der Waals surface area contributed by atoms with Crippen LogP contribution in [0.2, 0.25) is 5.15 Å². The van der Waals surface area contributed by atoms with Gasteiger partial charge in [-0.15, -0.1) is 0 Å². The Balaban J connectivity index is 2.17. The van der Waals surface area contributed by atoms with E-state index in [4.69, 9.17) is 11.6 Å². The predicted molar refractivity (Wildman–Crippen MR) is 79.6 cm³/mol. The number of nitriles is 1. The van der Waals surface area contributed by atoms with Crippen molar-refractivity contribution in [3.8, 4) is 6.07 Å². The third-order valence-electron chi connectivity index (χ3n) is 4.14. The van der Waals surface area contributed by atoms with Crippen LogP contribution in [0, 0.1) is 18.3 Å². The van der Waals surface area contributed by atoms with Gasteiger partial charge in [0, 0.05) is 39.3 Å². The highest BCUT2D eigenvalue weighted by molar-refractivity contribution is 6.30. The molecule has 1 aliphatic heterocycles. The van der Waals surface area contributed by atoms with Crippen LogP contribution in [0.1, 0.15) is 31.4 Å². The Hall–Kier alpha value is -1.09. The smallest absolute Gasteiger partial charge is 0.153 e. The lowest BCUT2D eigenvalue weighted by Crippen LogP contribution is -2.49. The van der Waals surface area contributed by atoms with E-state index >= 15 is 0 Å². The molecule has 1 unspecified atom stereocenters. The molecule has 0 N–H and O–H groups in total. The molecular formula is C14H22ClN5. The number of aromatic nitrogens is 2. The van der Waals surface area contributed by atoms with Crippen molar-refractivity contribution in [2.24, 2.45) is 7.05 Å². The van der Waals surface area contributed by atoms with E-state index in [-0.39, 0.29) is 6.04 Å². The van der Waals surface area contributed by atoms with Crippen molar-refractivity contribution in [1.29, 1.82) is 5.26 Å². The predicted octanol–water partition coefficient (Wildman–Crippen LogP) is 1.97. The van der Waals surface area contributed by atoms with Gasteiger partial charge in [-0.05, 0) is 20.8 Å². The Morgan fingerprint density at radius 2 is 1.75 bits per heavy atom. The first-order valence-corrected chi connectivity index (χ1v) is 7.40. The summed E-state index contributed by atoms with van der Waals surface area (Å²) in [5, 5.41) is 10.0. The summed E-state index contributed by atoms with van der Waals surface area (Å²) in [6, 6.07) is 2.63. The molecule has 0 bridgehead atoms. The Labute approximate surface area is 125 Å². The zero-order valence-corrected chi connectivity index (χ0v) is 13.4. The molecule has 0 radical (unpaired) electrons. The number of aryl methyl sites for hydroxylation is 1. The first kappa shape index (κ1) is 15.3. The molecule has 0 aliphatic carbocycles. The molecule has 0 saturated carbocycles. The summed E-state index contributed by atoms with van der Waals surface area (Å²) in [5.41, 5.74) is 0.810. The van der Waals surface area contributed by atoms with Gasteiger partial charge < -0.3 is 4.57 Å². The highest BCUT2D eigenvalue weighted by Crippen LogP contribution is 2.28. The molecule has 1 aliphatic rings. The molecule has 1 fully saturated rings. The zero-order valence-electron chi connectivity index (χ0n) is 12.6. The van der Waals surface area contributed by atoms with E-state index in [1.54, 1.807) is 0 Å². The SMILES string of the molecule is Cc1nc(Cl)c(C(C#N)N2CCN(C(C)C)CC2)n1C. The summed E-state index contributed by atoms with van der Waals surface area (Å²) in [4.78, 5) is 8.88. The van der Waals surface area contributed by atoms with Gasteiger partial charge in [-0.1, -0.05) is 11.6 Å². The number of halogens is 1. The van der Waals surface area contributed by atoms with Crippen LogP contribution in [-0.4, -0.2) is 51.6 Å². The summed E-state index contributed by atoms with van der Waals surface area (Å²) in [5.74, 6) is 0.839. The van der Waals surface area contributed by atoms with Crippen molar-refractivity contribution < 1.29 is 0 Å². The summed E-state index contributed by atoms with van der Waals surface area (Å²) < 4.78 is 1.92. The molecule has 0 spiro atoms. The summed E-state index contributed by atoms with van der Waals surface area (Å²) >= 11 is 6.20. The van der Waals surface area contributed by atoms with Crippen LogP contribution in [0.3, 0.4) is 0 Å². The lowest BCUT2D eigenvalue weighted by atomic mass is 10.1. The molecule has 2 rings (SSSR count). The zero-order chi connectivity index (χ0) is 14.9. The van der Waals surface area contributed by atoms with E-state index in [1.165, 1.54) is 0 Å². The van der Waals surface area contributed by atoms with Gasteiger partial charge in [-0.2, -0.15) is 5.26 Å². The number of hydrogen-bond donors (Lipinski definition) is 0. The molecule has 2 heterocycles. The molecule has 0 aromatic carbocycles. The second kappa shape index (κ2) is 6.13. The minimum atomic E-state index is -0.317. The van der Waals surface area contributed by atoms with Crippen LogP contribution in [0.15, 0.2) is 0 Å². The minimum Gasteiger partial charge on any atom is -0.332 e. The van der Waals surface area contributed by atoms with Gasteiger partial charge in [0.05, 0.1) is 11.8 Å². The number of piperazine rings is 1. The van der Waals surface area contributed by atoms with Crippen LogP contribution in [0.25, 0.3) is 0 Å². The highest BCUT2D eigenvalue weighted by atomic mass is 35.5. The average molecular weight is 296 g/mol. The molecule has 1 aromatic rings. The second-order valence-electron chi connectivity index (χ2n) is 5.59. The van der Waals surface area contributed by atoms with Crippen molar-refractivity contribution in [3.05, 3.63) is 16.7 Å². The quantitative estimate of drug-likeness (QED) is 0.855. The Kier molecular flexibility index (Phi) is 4.69. The molecule has 20 heavy (non-hydrogen) atoms. The van der Waals surface area contributed by atoms with E-state index in [0.29, 0.717) is 11.2 Å². The largest absolute Gasteiger partial charge is 0.332 e. The van der Waals surface area contributed by atoms with Crippen molar-refractivity contribution in [1.82, 2.24) is 19.4 Å². The highest BCUT2D eigenvalue weighted by Gasteiger charge is 2.30. The third kappa shape index (κ3) is 2.83. The van der Waals surface area contributed by atoms with Gasteiger partial charge in [0.15, 0.2) is 5.15 Å². The molecule has 1 saturated heterocycles. The summed E-state index contributed by atoms with van der Waals surface area (Å²) in [7, 11) is 1.91. The second-order valence-corrected chi connectivity index (χ2v) is 5.95. The van der Waals surface area contributed by atoms with E-state index in [0.717, 1.165) is 37.7 Å². The standard InChI is InChI=1S/C14H22ClN5/c1-10(2)19-5-7-20(8-6-19)12(9-16)13-14(15)17-11(3)18(13)4/h10,12H,5-8H2,1-4H3. The van der Waals surface area contributed by atoms with Crippen LogP contribution in [-0.2, 0) is 7.05 Å². The van der Waals surface area contributed by atoms with Gasteiger partial charge in [0.1, 0.15) is 11.9 Å². The van der Waals surface area contributed by atoms with Gasteiger partial charge in [0.25, 0.3) is 0 Å². The number of imidazole rings is 1. The third-order valence-corrected chi connectivity index (χ3v) is 4.42. The Bertz CT molecular complexity index is 508. The fraction of sp³-hybridized carbons (Fsp3) is 0.714. The van der Waals surface area contributed by atoms with Crippen LogP contribution >= 0.6 is 11.6 Å². The molecule has 1 atom stereocenters. The van der Waals surface area contributed by atoms with E-state index < -0.39 is 0 Å². The average Bonchev–Trinajstić information content (AvgIpc) is 2.67. The first-order valence-electron chi connectivity index (χ1n) is 7.02. The molecule has 1 aromatic heterocycles. The maximum atomic E-state index is 9.56. The van der Waals surface area contributed by atoms with Crippen LogP contribution in [0.5, 0.6) is 0 Å². The maximum absolute atomic E-state index is 9.56. The van der Waals surface area contributed by atoms with Gasteiger partial charge >= 0.3 is 0 Å². The number of rotatable bonds is 3. The lowest BCUT2D eigenvalue weighted by molar-refractivity contribution is 0.0914. The van der Waals surface area contributed by atoms with Crippen molar-refractivity contribution >= 4 is 11.6 Å². The van der Waals surface area contributed by atoms with Crippen LogP contribution in [0.4, 0.5) is 0 Å². The fourth-order valence-electron chi connectivity index (χ4n) is 2.71. The topological polar surface area (TPSA) is 48.1 Å². The summed E-state index contributed by atoms with van der Waals surface area (Å²) in [6.45, 7) is 10.1. The Morgan fingerprint density at radius 3 is 2.15 bits per heavy atom. The first-order chi connectivity index (χ1) is 9.45. The van der Waals surface area contributed by atoms with Gasteiger partial charge in [0.2, 0.25) is 0 Å². The molecule has 0 amide bonds. The minimum absolute atomic E-state index is 0.317. The molecule has 6 heteroatoms. The van der Waals surface area contributed by atoms with Crippen molar-refractivity contribution in [2.75, 3.05) is 26.2 Å². The number of nitrogens with zero attached hydrogens (tertiary/aromatic N) is 5. The number of hydrogen-bond acceptors (Lipinski definition) is 4. The maximum Gasteiger partial charge on any atom is 0.153 e. The van der Waals surface area contributed by atoms with Crippen molar-refractivity contribution in [3.63, 3.8) is 0 Å². The van der Waals surface area contributed by atoms with Gasteiger partial charge in [-0.3, -0.25) is 9.80 Å². The molecular weight excluding hydrogens is 274 g/mol. The van der Waals surface area contributed by atoms with E-state index in [1.807, 2.05) is 18.5 Å². The van der Waals surface area contributed by atoms with Gasteiger partial charge in [-0.25, -0.2) is 4.98 Å². The normalized spacial score (nSPS) is 19.2. The summed E-state index contributed by atoms with van der Waals surface area (Å²) in [6.07, 6.45) is 0. The van der Waals surface area contributed by atoms with Crippen molar-refractivity contribution in [2.45, 2.75) is 32.9 Å². The Morgan fingerprint density at radius 1 is 1.20 bits per heavy atom. The van der Waals surface area contributed by atoms with E-state index in [2.05, 4.69) is 34.7 Å². The van der Waals surface area contributed by atoms with E-state index in [9.17, 15) is 5.26 Å². The molecule has 110 valence electrons. The lowest BCUT2D eigenvalue weighted by Gasteiger charge is -2.38. The van der Waals surface area contributed by atoms with Crippen LogP contribution < -0.4 is 0 Å². The monoisotopic (exact) mass is 295 g/mol.